The topological polar surface area (TPSA) is 21.3 Å². The first kappa shape index (κ1) is 14.0. The minimum Gasteiger partial charge on any atom is -0.373 e. The van der Waals surface area contributed by atoms with Gasteiger partial charge in [0.25, 0.3) is 0 Å². The molecular formula is C15H25NOS. The smallest absolute Gasteiger partial charge is 0.0875 e. The summed E-state index contributed by atoms with van der Waals surface area (Å²) in [6.45, 7) is 9.76. The Labute approximate surface area is 115 Å². The van der Waals surface area contributed by atoms with Crippen molar-refractivity contribution in [3.8, 4) is 0 Å². The lowest BCUT2D eigenvalue weighted by Gasteiger charge is -2.32. The Balaban J connectivity index is 2.05. The molecule has 2 rings (SSSR count). The van der Waals surface area contributed by atoms with Gasteiger partial charge in [-0.3, -0.25) is 0 Å². The lowest BCUT2D eigenvalue weighted by Crippen LogP contribution is -2.32. The molecule has 1 fully saturated rings. The highest BCUT2D eigenvalue weighted by Gasteiger charge is 2.28. The molecule has 0 bridgehead atoms. The van der Waals surface area contributed by atoms with Gasteiger partial charge in [0.2, 0.25) is 0 Å². The molecule has 1 aromatic heterocycles. The first-order valence-corrected chi connectivity index (χ1v) is 7.93. The van der Waals surface area contributed by atoms with Gasteiger partial charge in [0.1, 0.15) is 0 Å². The minimum absolute atomic E-state index is 0.313. The van der Waals surface area contributed by atoms with Crippen LogP contribution in [0.1, 0.15) is 47.6 Å². The fourth-order valence-electron chi connectivity index (χ4n) is 2.79. The lowest BCUT2D eigenvalue weighted by atomic mass is 9.89. The van der Waals surface area contributed by atoms with Crippen molar-refractivity contribution in [1.82, 2.24) is 5.32 Å². The molecule has 2 heterocycles. The van der Waals surface area contributed by atoms with Gasteiger partial charge in [0, 0.05) is 28.8 Å². The zero-order chi connectivity index (χ0) is 13.0. The monoisotopic (exact) mass is 267 g/mol. The zero-order valence-electron chi connectivity index (χ0n) is 11.8. The molecule has 0 amide bonds. The van der Waals surface area contributed by atoms with Crippen LogP contribution in [-0.2, 0) is 4.74 Å². The van der Waals surface area contributed by atoms with Crippen molar-refractivity contribution in [1.29, 1.82) is 0 Å². The summed E-state index contributed by atoms with van der Waals surface area (Å²) in [5.41, 5.74) is 1.43. The molecule has 1 aliphatic rings. The highest BCUT2D eigenvalue weighted by Crippen LogP contribution is 2.37. The average Bonchev–Trinajstić information content (AvgIpc) is 2.69. The highest BCUT2D eigenvalue weighted by molar-refractivity contribution is 7.12. The van der Waals surface area contributed by atoms with Gasteiger partial charge in [-0.25, -0.2) is 0 Å². The molecule has 0 spiro atoms. The summed E-state index contributed by atoms with van der Waals surface area (Å²) >= 11 is 1.89. The van der Waals surface area contributed by atoms with Gasteiger partial charge in [-0.05, 0) is 51.3 Å². The fraction of sp³-hybridized carbons (Fsp3) is 0.733. The van der Waals surface area contributed by atoms with Crippen LogP contribution >= 0.6 is 11.3 Å². The number of ether oxygens (including phenoxy) is 1. The molecule has 3 heteroatoms. The summed E-state index contributed by atoms with van der Waals surface area (Å²) in [5, 5.41) is 3.55. The van der Waals surface area contributed by atoms with Crippen LogP contribution in [0.15, 0.2) is 6.07 Å². The van der Waals surface area contributed by atoms with E-state index in [0.29, 0.717) is 12.0 Å². The first-order valence-electron chi connectivity index (χ1n) is 7.11. The van der Waals surface area contributed by atoms with Crippen LogP contribution in [0.25, 0.3) is 0 Å². The third kappa shape index (κ3) is 3.34. The largest absolute Gasteiger partial charge is 0.373 e. The summed E-state index contributed by atoms with van der Waals surface area (Å²) in [7, 11) is 0. The van der Waals surface area contributed by atoms with Gasteiger partial charge in [0.15, 0.2) is 0 Å². The van der Waals surface area contributed by atoms with Gasteiger partial charge < -0.3 is 10.1 Å². The molecule has 0 saturated carbocycles. The third-order valence-corrected chi connectivity index (χ3v) is 4.65. The van der Waals surface area contributed by atoms with E-state index in [4.69, 9.17) is 4.74 Å². The summed E-state index contributed by atoms with van der Waals surface area (Å²) in [6, 6.07) is 2.32. The minimum atomic E-state index is 0.313. The molecule has 18 heavy (non-hydrogen) atoms. The highest BCUT2D eigenvalue weighted by atomic mass is 32.1. The number of thiophene rings is 1. The maximum atomic E-state index is 6.07. The number of hydrogen-bond donors (Lipinski definition) is 1. The lowest BCUT2D eigenvalue weighted by molar-refractivity contribution is -0.0277. The Morgan fingerprint density at radius 3 is 2.94 bits per heavy atom. The van der Waals surface area contributed by atoms with E-state index in [9.17, 15) is 0 Å². The van der Waals surface area contributed by atoms with Crippen LogP contribution in [0, 0.1) is 19.8 Å². The second-order valence-corrected chi connectivity index (χ2v) is 6.73. The SMILES string of the molecule is CCCNCC1CCCOC1c1cc(C)sc1C. The van der Waals surface area contributed by atoms with Crippen LogP contribution in [0.5, 0.6) is 0 Å². The molecule has 2 nitrogen and oxygen atoms in total. The molecule has 1 N–H and O–H groups in total. The summed E-state index contributed by atoms with van der Waals surface area (Å²) in [4.78, 5) is 2.83. The molecule has 0 aromatic carbocycles. The molecule has 1 aromatic rings. The second kappa shape index (κ2) is 6.69. The van der Waals surface area contributed by atoms with Gasteiger partial charge in [-0.1, -0.05) is 6.92 Å². The van der Waals surface area contributed by atoms with E-state index >= 15 is 0 Å². The van der Waals surface area contributed by atoms with Gasteiger partial charge >= 0.3 is 0 Å². The summed E-state index contributed by atoms with van der Waals surface area (Å²) in [5.74, 6) is 0.637. The first-order chi connectivity index (χ1) is 8.72. The van der Waals surface area contributed by atoms with E-state index in [2.05, 4.69) is 32.2 Å². The Morgan fingerprint density at radius 2 is 2.28 bits per heavy atom. The van der Waals surface area contributed by atoms with Crippen LogP contribution in [0.3, 0.4) is 0 Å². The summed E-state index contributed by atoms with van der Waals surface area (Å²) < 4.78 is 6.07. The number of nitrogens with one attached hydrogen (secondary N) is 1. The van der Waals surface area contributed by atoms with E-state index in [1.165, 1.54) is 34.6 Å². The van der Waals surface area contributed by atoms with Gasteiger partial charge in [0.05, 0.1) is 6.10 Å². The van der Waals surface area contributed by atoms with Crippen molar-refractivity contribution in [2.75, 3.05) is 19.7 Å². The van der Waals surface area contributed by atoms with Crippen LogP contribution in [-0.4, -0.2) is 19.7 Å². The van der Waals surface area contributed by atoms with Crippen molar-refractivity contribution in [2.24, 2.45) is 5.92 Å². The van der Waals surface area contributed by atoms with Crippen LogP contribution in [0.2, 0.25) is 0 Å². The normalized spacial score (nSPS) is 24.4. The fourth-order valence-corrected chi connectivity index (χ4v) is 3.76. The maximum Gasteiger partial charge on any atom is 0.0875 e. The number of aryl methyl sites for hydroxylation is 2. The maximum absolute atomic E-state index is 6.07. The van der Waals surface area contributed by atoms with Crippen molar-refractivity contribution < 1.29 is 4.74 Å². The molecule has 2 unspecified atom stereocenters. The Kier molecular flexibility index (Phi) is 5.22. The Bertz CT molecular complexity index is 375. The molecule has 0 aliphatic carbocycles. The zero-order valence-corrected chi connectivity index (χ0v) is 12.6. The molecule has 102 valence electrons. The quantitative estimate of drug-likeness (QED) is 0.819. The van der Waals surface area contributed by atoms with Crippen LogP contribution < -0.4 is 5.32 Å². The van der Waals surface area contributed by atoms with Crippen molar-refractivity contribution in [3.05, 3.63) is 21.4 Å². The van der Waals surface area contributed by atoms with Gasteiger partial charge in [-0.15, -0.1) is 11.3 Å². The molecular weight excluding hydrogens is 242 g/mol. The predicted molar refractivity (Wildman–Crippen MR) is 78.4 cm³/mol. The summed E-state index contributed by atoms with van der Waals surface area (Å²) in [6.07, 6.45) is 4.01. The number of hydrogen-bond acceptors (Lipinski definition) is 3. The average molecular weight is 267 g/mol. The van der Waals surface area contributed by atoms with Crippen molar-refractivity contribution in [2.45, 2.75) is 46.1 Å². The van der Waals surface area contributed by atoms with Gasteiger partial charge in [-0.2, -0.15) is 0 Å². The van der Waals surface area contributed by atoms with E-state index < -0.39 is 0 Å². The van der Waals surface area contributed by atoms with E-state index in [-0.39, 0.29) is 0 Å². The molecule has 2 atom stereocenters. The molecule has 1 aliphatic heterocycles. The number of rotatable bonds is 5. The van der Waals surface area contributed by atoms with Crippen LogP contribution in [0.4, 0.5) is 0 Å². The third-order valence-electron chi connectivity index (χ3n) is 3.66. The second-order valence-electron chi connectivity index (χ2n) is 5.27. The van der Waals surface area contributed by atoms with E-state index in [1.54, 1.807) is 0 Å². The predicted octanol–water partition coefficient (Wildman–Crippen LogP) is 3.83. The van der Waals surface area contributed by atoms with Crippen molar-refractivity contribution >= 4 is 11.3 Å². The molecule has 1 saturated heterocycles. The Morgan fingerprint density at radius 1 is 1.44 bits per heavy atom. The van der Waals surface area contributed by atoms with Crippen molar-refractivity contribution in [3.63, 3.8) is 0 Å². The Hall–Kier alpha value is -0.380. The van der Waals surface area contributed by atoms with E-state index in [0.717, 1.165) is 19.7 Å². The standard InChI is InChI=1S/C15H25NOS/c1-4-7-16-10-13-6-5-8-17-15(13)14-9-11(2)18-12(14)3/h9,13,15-16H,4-8,10H2,1-3H3. The molecule has 0 radical (unpaired) electrons. The van der Waals surface area contributed by atoms with E-state index in [1.807, 2.05) is 11.3 Å².